The predicted octanol–water partition coefficient (Wildman–Crippen LogP) is 2.11. The predicted molar refractivity (Wildman–Crippen MR) is 71.2 cm³/mol. The summed E-state index contributed by atoms with van der Waals surface area (Å²) in [7, 11) is 0. The molecule has 4 heteroatoms. The lowest BCUT2D eigenvalue weighted by Gasteiger charge is -2.16. The van der Waals surface area contributed by atoms with Crippen LogP contribution in [0.3, 0.4) is 0 Å². The Labute approximate surface area is 110 Å². The standard InChI is InChI=1S/C14H27NO3/c1-11(2)8-12(10-15)9-14(16)18-7-5-13-4-3-6-17-13/h11-13H,3-10,15H2,1-2H3/t12-,13?/m0/s1. The summed E-state index contributed by atoms with van der Waals surface area (Å²) in [5, 5.41) is 0. The van der Waals surface area contributed by atoms with E-state index in [0.29, 0.717) is 31.6 Å². The highest BCUT2D eigenvalue weighted by Gasteiger charge is 2.18. The lowest BCUT2D eigenvalue weighted by Crippen LogP contribution is -2.22. The van der Waals surface area contributed by atoms with Crippen LogP contribution in [0.15, 0.2) is 0 Å². The SMILES string of the molecule is CC(C)C[C@H](CN)CC(=O)OCCC1CCCO1. The number of nitrogens with two attached hydrogens (primary N) is 1. The summed E-state index contributed by atoms with van der Waals surface area (Å²) in [6, 6.07) is 0. The molecule has 0 aromatic heterocycles. The molecule has 1 unspecified atom stereocenters. The average molecular weight is 257 g/mol. The molecule has 0 aliphatic carbocycles. The van der Waals surface area contributed by atoms with E-state index in [9.17, 15) is 4.79 Å². The number of hydrogen-bond donors (Lipinski definition) is 1. The number of rotatable bonds is 8. The minimum atomic E-state index is -0.121. The monoisotopic (exact) mass is 257 g/mol. The first kappa shape index (κ1) is 15.4. The Morgan fingerprint density at radius 3 is 2.83 bits per heavy atom. The van der Waals surface area contributed by atoms with Crippen LogP contribution in [-0.2, 0) is 14.3 Å². The van der Waals surface area contributed by atoms with Gasteiger partial charge in [0.05, 0.1) is 12.7 Å². The van der Waals surface area contributed by atoms with Gasteiger partial charge in [-0.3, -0.25) is 4.79 Å². The molecular formula is C14H27NO3. The molecule has 0 radical (unpaired) electrons. The Bertz CT molecular complexity index is 237. The summed E-state index contributed by atoms with van der Waals surface area (Å²) in [5.74, 6) is 0.697. The van der Waals surface area contributed by atoms with Gasteiger partial charge in [0.15, 0.2) is 0 Å². The van der Waals surface area contributed by atoms with Crippen molar-refractivity contribution in [1.29, 1.82) is 0 Å². The van der Waals surface area contributed by atoms with Gasteiger partial charge in [0.25, 0.3) is 0 Å². The molecule has 1 saturated heterocycles. The van der Waals surface area contributed by atoms with Crippen molar-refractivity contribution in [3.63, 3.8) is 0 Å². The zero-order chi connectivity index (χ0) is 13.4. The summed E-state index contributed by atoms with van der Waals surface area (Å²) in [6.45, 7) is 6.17. The first-order valence-corrected chi connectivity index (χ1v) is 7.09. The van der Waals surface area contributed by atoms with Crippen LogP contribution in [0.5, 0.6) is 0 Å². The van der Waals surface area contributed by atoms with Crippen molar-refractivity contribution < 1.29 is 14.3 Å². The Morgan fingerprint density at radius 1 is 1.50 bits per heavy atom. The molecule has 0 amide bonds. The largest absolute Gasteiger partial charge is 0.466 e. The van der Waals surface area contributed by atoms with E-state index < -0.39 is 0 Å². The number of ether oxygens (including phenoxy) is 2. The third-order valence-corrected chi connectivity index (χ3v) is 3.32. The molecule has 2 atom stereocenters. The normalized spacial score (nSPS) is 21.2. The molecule has 1 heterocycles. The number of carbonyl (C=O) groups excluding carboxylic acids is 1. The van der Waals surface area contributed by atoms with Crippen LogP contribution in [0, 0.1) is 11.8 Å². The van der Waals surface area contributed by atoms with E-state index in [-0.39, 0.29) is 11.9 Å². The van der Waals surface area contributed by atoms with E-state index in [0.717, 1.165) is 32.3 Å². The van der Waals surface area contributed by atoms with Crippen molar-refractivity contribution >= 4 is 5.97 Å². The van der Waals surface area contributed by atoms with E-state index in [1.807, 2.05) is 0 Å². The summed E-state index contributed by atoms with van der Waals surface area (Å²) in [6.07, 6.45) is 4.76. The van der Waals surface area contributed by atoms with Crippen LogP contribution in [0.4, 0.5) is 0 Å². The Morgan fingerprint density at radius 2 is 2.28 bits per heavy atom. The summed E-state index contributed by atoms with van der Waals surface area (Å²) < 4.78 is 10.7. The topological polar surface area (TPSA) is 61.6 Å². The summed E-state index contributed by atoms with van der Waals surface area (Å²) in [4.78, 5) is 11.6. The maximum Gasteiger partial charge on any atom is 0.306 e. The maximum atomic E-state index is 11.6. The van der Waals surface area contributed by atoms with E-state index >= 15 is 0 Å². The van der Waals surface area contributed by atoms with Gasteiger partial charge in [0, 0.05) is 19.4 Å². The fraction of sp³-hybridized carbons (Fsp3) is 0.929. The Hall–Kier alpha value is -0.610. The second kappa shape index (κ2) is 8.48. The average Bonchev–Trinajstić information content (AvgIpc) is 2.80. The van der Waals surface area contributed by atoms with Gasteiger partial charge in [-0.05, 0) is 37.6 Å². The van der Waals surface area contributed by atoms with Crippen molar-refractivity contribution in [2.24, 2.45) is 17.6 Å². The molecular weight excluding hydrogens is 230 g/mol. The molecule has 0 aromatic rings. The molecule has 106 valence electrons. The lowest BCUT2D eigenvalue weighted by molar-refractivity contribution is -0.145. The molecule has 1 aliphatic rings. The first-order valence-electron chi connectivity index (χ1n) is 7.09. The molecule has 0 saturated carbocycles. The minimum absolute atomic E-state index is 0.121. The van der Waals surface area contributed by atoms with Crippen LogP contribution >= 0.6 is 0 Å². The van der Waals surface area contributed by atoms with Crippen LogP contribution in [0.2, 0.25) is 0 Å². The van der Waals surface area contributed by atoms with Crippen molar-refractivity contribution in [1.82, 2.24) is 0 Å². The second-order valence-corrected chi connectivity index (χ2v) is 5.58. The van der Waals surface area contributed by atoms with Crippen molar-refractivity contribution in [3.8, 4) is 0 Å². The molecule has 18 heavy (non-hydrogen) atoms. The van der Waals surface area contributed by atoms with Gasteiger partial charge in [0.1, 0.15) is 0 Å². The smallest absolute Gasteiger partial charge is 0.306 e. The molecule has 0 spiro atoms. The zero-order valence-corrected chi connectivity index (χ0v) is 11.7. The second-order valence-electron chi connectivity index (χ2n) is 5.58. The molecule has 1 fully saturated rings. The van der Waals surface area contributed by atoms with Gasteiger partial charge < -0.3 is 15.2 Å². The third-order valence-electron chi connectivity index (χ3n) is 3.32. The van der Waals surface area contributed by atoms with Crippen molar-refractivity contribution in [2.75, 3.05) is 19.8 Å². The van der Waals surface area contributed by atoms with E-state index in [2.05, 4.69) is 13.8 Å². The van der Waals surface area contributed by atoms with Gasteiger partial charge >= 0.3 is 5.97 Å². The highest BCUT2D eigenvalue weighted by molar-refractivity contribution is 5.69. The molecule has 0 bridgehead atoms. The van der Waals surface area contributed by atoms with Crippen LogP contribution in [-0.4, -0.2) is 31.8 Å². The highest BCUT2D eigenvalue weighted by atomic mass is 16.5. The van der Waals surface area contributed by atoms with Crippen molar-refractivity contribution in [2.45, 2.75) is 52.1 Å². The van der Waals surface area contributed by atoms with Gasteiger partial charge in [-0.2, -0.15) is 0 Å². The summed E-state index contributed by atoms with van der Waals surface area (Å²) >= 11 is 0. The zero-order valence-electron chi connectivity index (χ0n) is 11.7. The van der Waals surface area contributed by atoms with Crippen LogP contribution in [0.1, 0.15) is 46.0 Å². The van der Waals surface area contributed by atoms with E-state index in [1.54, 1.807) is 0 Å². The fourth-order valence-electron chi connectivity index (χ4n) is 2.40. The van der Waals surface area contributed by atoms with Crippen LogP contribution in [0.25, 0.3) is 0 Å². The molecule has 1 aliphatic heterocycles. The third kappa shape index (κ3) is 6.36. The number of carbonyl (C=O) groups is 1. The molecule has 0 aromatic carbocycles. The molecule has 4 nitrogen and oxygen atoms in total. The maximum absolute atomic E-state index is 11.6. The number of esters is 1. The van der Waals surface area contributed by atoms with Crippen LogP contribution < -0.4 is 5.73 Å². The van der Waals surface area contributed by atoms with Gasteiger partial charge in [-0.15, -0.1) is 0 Å². The van der Waals surface area contributed by atoms with Gasteiger partial charge in [-0.1, -0.05) is 13.8 Å². The quantitative estimate of drug-likeness (QED) is 0.676. The van der Waals surface area contributed by atoms with Crippen molar-refractivity contribution in [3.05, 3.63) is 0 Å². The minimum Gasteiger partial charge on any atom is -0.466 e. The molecule has 2 N–H and O–H groups in total. The van der Waals surface area contributed by atoms with Gasteiger partial charge in [0.2, 0.25) is 0 Å². The van der Waals surface area contributed by atoms with E-state index in [4.69, 9.17) is 15.2 Å². The highest BCUT2D eigenvalue weighted by Crippen LogP contribution is 2.17. The number of hydrogen-bond acceptors (Lipinski definition) is 4. The lowest BCUT2D eigenvalue weighted by atomic mass is 9.94. The summed E-state index contributed by atoms with van der Waals surface area (Å²) in [5.41, 5.74) is 5.67. The van der Waals surface area contributed by atoms with Gasteiger partial charge in [-0.25, -0.2) is 0 Å². The Balaban J connectivity index is 2.11. The molecule has 1 rings (SSSR count). The Kier molecular flexibility index (Phi) is 7.28. The first-order chi connectivity index (χ1) is 8.61. The van der Waals surface area contributed by atoms with E-state index in [1.165, 1.54) is 0 Å². The fourth-order valence-corrected chi connectivity index (χ4v) is 2.40.